The van der Waals surface area contributed by atoms with E-state index in [1.54, 1.807) is 7.11 Å². The predicted molar refractivity (Wildman–Crippen MR) is 145 cm³/mol. The minimum atomic E-state index is -4.44. The van der Waals surface area contributed by atoms with Gasteiger partial charge >= 0.3 is 12.1 Å². The molecule has 1 N–H and O–H groups in total. The van der Waals surface area contributed by atoms with Crippen molar-refractivity contribution in [2.75, 3.05) is 26.7 Å². The van der Waals surface area contributed by atoms with Gasteiger partial charge in [-0.25, -0.2) is 0 Å². The molecular formula is C31H33F3N2O4. The number of carbonyl (C=O) groups excluding carboxylic acids is 2. The lowest BCUT2D eigenvalue weighted by molar-refractivity contribution is -0.186. The van der Waals surface area contributed by atoms with E-state index in [4.69, 9.17) is 9.47 Å². The van der Waals surface area contributed by atoms with E-state index in [1.165, 1.54) is 19.1 Å². The fraction of sp³-hybridized carbons (Fsp3) is 0.419. The fourth-order valence-corrected chi connectivity index (χ4v) is 6.16. The van der Waals surface area contributed by atoms with Gasteiger partial charge in [0.15, 0.2) is 0 Å². The molecule has 0 bridgehead atoms. The van der Waals surface area contributed by atoms with Gasteiger partial charge in [-0.15, -0.1) is 6.58 Å². The summed E-state index contributed by atoms with van der Waals surface area (Å²) in [4.78, 5) is 27.5. The molecule has 2 aromatic rings. The Morgan fingerprint density at radius 3 is 2.60 bits per heavy atom. The van der Waals surface area contributed by atoms with E-state index in [0.29, 0.717) is 50.1 Å². The second kappa shape index (κ2) is 11.8. The van der Waals surface area contributed by atoms with Crippen LogP contribution in [-0.4, -0.2) is 55.2 Å². The third-order valence-corrected chi connectivity index (χ3v) is 7.91. The van der Waals surface area contributed by atoms with Gasteiger partial charge in [-0.2, -0.15) is 13.2 Å². The number of fused-ring (bicyclic) bond motifs is 1. The summed E-state index contributed by atoms with van der Waals surface area (Å²) in [6.45, 7) is 7.23. The van der Waals surface area contributed by atoms with Crippen molar-refractivity contribution < 1.29 is 32.2 Å². The fourth-order valence-electron chi connectivity index (χ4n) is 6.16. The van der Waals surface area contributed by atoms with E-state index in [0.717, 1.165) is 24.2 Å². The number of methoxy groups -OCH3 is 1. The molecule has 2 aliphatic rings. The molecule has 1 heterocycles. The molecular weight excluding hydrogens is 521 g/mol. The van der Waals surface area contributed by atoms with Gasteiger partial charge in [0.1, 0.15) is 11.4 Å². The van der Waals surface area contributed by atoms with Gasteiger partial charge in [0.2, 0.25) is 0 Å². The summed E-state index contributed by atoms with van der Waals surface area (Å²) in [5, 5.41) is 2.99. The number of hydrogen-bond acceptors (Lipinski definition) is 5. The van der Waals surface area contributed by atoms with Crippen LogP contribution in [0.25, 0.3) is 0 Å². The number of carbonyl (C=O) groups is 2. The lowest BCUT2D eigenvalue weighted by Crippen LogP contribution is -2.68. The maximum Gasteiger partial charge on any atom is 0.416 e. The Morgan fingerprint density at radius 2 is 1.95 bits per heavy atom. The van der Waals surface area contributed by atoms with Crippen LogP contribution < -0.4 is 10.1 Å². The first-order valence-corrected chi connectivity index (χ1v) is 13.2. The Bertz CT molecular complexity index is 1310. The number of hydrogen-bond donors (Lipinski definition) is 1. The first-order chi connectivity index (χ1) is 19.0. The van der Waals surface area contributed by atoms with Crippen molar-refractivity contribution in [2.24, 2.45) is 0 Å². The highest BCUT2D eigenvalue weighted by Crippen LogP contribution is 2.54. The molecule has 2 fully saturated rings. The molecule has 1 saturated heterocycles. The molecule has 0 aromatic heterocycles. The minimum Gasteiger partial charge on any atom is -0.497 e. The quantitative estimate of drug-likeness (QED) is 0.314. The van der Waals surface area contributed by atoms with Gasteiger partial charge in [-0.3, -0.25) is 14.5 Å². The van der Waals surface area contributed by atoms with Crippen molar-refractivity contribution in [1.82, 2.24) is 10.2 Å². The van der Waals surface area contributed by atoms with E-state index < -0.39 is 28.7 Å². The zero-order valence-electron chi connectivity index (χ0n) is 22.6. The first-order valence-electron chi connectivity index (χ1n) is 13.2. The van der Waals surface area contributed by atoms with Crippen LogP contribution >= 0.6 is 0 Å². The van der Waals surface area contributed by atoms with Crippen LogP contribution in [0.15, 0.2) is 61.2 Å². The Kier molecular flexibility index (Phi) is 8.59. The summed E-state index contributed by atoms with van der Waals surface area (Å²) >= 11 is 0. The Morgan fingerprint density at radius 1 is 1.20 bits per heavy atom. The smallest absolute Gasteiger partial charge is 0.416 e. The lowest BCUT2D eigenvalue weighted by atomic mass is 9.55. The highest BCUT2D eigenvalue weighted by atomic mass is 19.4. The predicted octanol–water partition coefficient (Wildman–Crippen LogP) is 4.87. The van der Waals surface area contributed by atoms with Crippen LogP contribution in [0.1, 0.15) is 49.3 Å². The van der Waals surface area contributed by atoms with Crippen molar-refractivity contribution in [1.29, 1.82) is 0 Å². The molecule has 6 nitrogen and oxygen atoms in total. The molecule has 40 heavy (non-hydrogen) atoms. The number of rotatable bonds is 6. The molecule has 0 unspecified atom stereocenters. The summed E-state index contributed by atoms with van der Waals surface area (Å²) in [5.74, 6) is 4.96. The summed E-state index contributed by atoms with van der Waals surface area (Å²) in [7, 11) is 1.60. The van der Waals surface area contributed by atoms with E-state index in [1.807, 2.05) is 30.3 Å². The molecule has 1 aliphatic heterocycles. The van der Waals surface area contributed by atoms with Crippen LogP contribution in [0.5, 0.6) is 5.75 Å². The van der Waals surface area contributed by atoms with E-state index in [2.05, 4.69) is 28.6 Å². The molecule has 0 radical (unpaired) electrons. The standard InChI is InChI=1S/C31H33F3N2O4/c1-4-17-36-18-16-29(25-6-5-7-27(19-25)39-3)20-26(14-15-30(29,21-36)40-22(2)37)35-28(38)13-10-23-8-11-24(12-9-23)31(32,33)34/h4-9,11-12,19,26H,1,14-18,20-21H2,2-3H3,(H,35,38)/t26-,29-,30-/m0/s1. The summed E-state index contributed by atoms with van der Waals surface area (Å²) in [6, 6.07) is 11.9. The normalized spacial score (nSPS) is 24.6. The number of amides is 1. The second-order valence-corrected chi connectivity index (χ2v) is 10.4. The van der Waals surface area contributed by atoms with Gasteiger partial charge < -0.3 is 14.8 Å². The average molecular weight is 555 g/mol. The molecule has 1 amide bonds. The minimum absolute atomic E-state index is 0.254. The maximum absolute atomic E-state index is 12.8. The van der Waals surface area contributed by atoms with Crippen LogP contribution in [0.3, 0.4) is 0 Å². The lowest BCUT2D eigenvalue weighted by Gasteiger charge is -2.59. The zero-order valence-corrected chi connectivity index (χ0v) is 22.6. The van der Waals surface area contributed by atoms with Crippen molar-refractivity contribution in [3.8, 4) is 17.6 Å². The van der Waals surface area contributed by atoms with Crippen LogP contribution in [0.4, 0.5) is 13.2 Å². The van der Waals surface area contributed by atoms with Gasteiger partial charge in [0, 0.05) is 43.0 Å². The van der Waals surface area contributed by atoms with Crippen LogP contribution in [0.2, 0.25) is 0 Å². The molecule has 212 valence electrons. The van der Waals surface area contributed by atoms with Crippen molar-refractivity contribution >= 4 is 11.9 Å². The number of esters is 1. The second-order valence-electron chi connectivity index (χ2n) is 10.4. The van der Waals surface area contributed by atoms with E-state index >= 15 is 0 Å². The SMILES string of the molecule is C=CCN1CC[C@@]2(c3cccc(OC)c3)C[C@@H](NC(=O)C#Cc3ccc(C(F)(F)F)cc3)CC[C@]2(OC(C)=O)C1. The molecule has 2 aromatic carbocycles. The van der Waals surface area contributed by atoms with Crippen molar-refractivity contribution in [3.63, 3.8) is 0 Å². The Labute approximate surface area is 232 Å². The maximum atomic E-state index is 12.8. The van der Waals surface area contributed by atoms with Gasteiger partial charge in [-0.05, 0) is 74.2 Å². The highest BCUT2D eigenvalue weighted by molar-refractivity contribution is 5.94. The molecule has 1 aliphatic carbocycles. The Balaban J connectivity index is 1.61. The number of likely N-dealkylation sites (tertiary alicyclic amines) is 1. The summed E-state index contributed by atoms with van der Waals surface area (Å²) in [5.41, 5.74) is -0.908. The molecule has 9 heteroatoms. The van der Waals surface area contributed by atoms with Gasteiger partial charge in [-0.1, -0.05) is 24.1 Å². The average Bonchev–Trinajstić information content (AvgIpc) is 2.91. The number of ether oxygens (including phenoxy) is 2. The third kappa shape index (κ3) is 6.18. The third-order valence-electron chi connectivity index (χ3n) is 7.91. The summed E-state index contributed by atoms with van der Waals surface area (Å²) < 4.78 is 50.2. The number of alkyl halides is 3. The first kappa shape index (κ1) is 29.2. The molecule has 4 rings (SSSR count). The number of nitrogens with zero attached hydrogens (tertiary/aromatic N) is 1. The van der Waals surface area contributed by atoms with Crippen LogP contribution in [0, 0.1) is 11.8 Å². The number of nitrogens with one attached hydrogen (secondary N) is 1. The number of piperidine rings is 1. The number of halogens is 3. The zero-order chi connectivity index (χ0) is 29.0. The largest absolute Gasteiger partial charge is 0.497 e. The number of benzene rings is 2. The monoisotopic (exact) mass is 554 g/mol. The van der Waals surface area contributed by atoms with Crippen LogP contribution in [-0.2, 0) is 25.9 Å². The van der Waals surface area contributed by atoms with Gasteiger partial charge in [0.05, 0.1) is 12.7 Å². The van der Waals surface area contributed by atoms with Gasteiger partial charge in [0.25, 0.3) is 5.91 Å². The Hall–Kier alpha value is -3.77. The highest BCUT2D eigenvalue weighted by Gasteiger charge is 2.60. The topological polar surface area (TPSA) is 67.9 Å². The van der Waals surface area contributed by atoms with Crippen molar-refractivity contribution in [3.05, 3.63) is 77.9 Å². The summed E-state index contributed by atoms with van der Waals surface area (Å²) in [6.07, 6.45) is -0.315. The van der Waals surface area contributed by atoms with E-state index in [-0.39, 0.29) is 12.0 Å². The molecule has 1 saturated carbocycles. The molecule has 0 spiro atoms. The molecule has 3 atom stereocenters. The van der Waals surface area contributed by atoms with E-state index in [9.17, 15) is 22.8 Å². The van der Waals surface area contributed by atoms with Crippen molar-refractivity contribution in [2.45, 2.75) is 55.8 Å².